The van der Waals surface area contributed by atoms with Gasteiger partial charge in [0, 0.05) is 0 Å². The standard InChI is InChI=1S/C8H7NS2.CH4/c1-10-8-9-6-4-2-3-5-7(6)11-8;/h2-5H,1H3;1H4. The zero-order chi connectivity index (χ0) is 7.68. The fraction of sp³-hybridized carbons (Fsp3) is 0.222. The molecule has 0 aliphatic carbocycles. The summed E-state index contributed by atoms with van der Waals surface area (Å²) in [6.45, 7) is 0. The number of para-hydroxylation sites is 1. The number of aromatic nitrogens is 1. The molecule has 0 saturated heterocycles. The normalized spacial score (nSPS) is 9.75. The molecule has 2 rings (SSSR count). The van der Waals surface area contributed by atoms with E-state index in [0.29, 0.717) is 0 Å². The van der Waals surface area contributed by atoms with Gasteiger partial charge in [0.25, 0.3) is 0 Å². The van der Waals surface area contributed by atoms with Crippen molar-refractivity contribution in [2.45, 2.75) is 11.8 Å². The minimum Gasteiger partial charge on any atom is -0.230 e. The van der Waals surface area contributed by atoms with Gasteiger partial charge in [-0.1, -0.05) is 31.3 Å². The Morgan fingerprint density at radius 2 is 2.08 bits per heavy atom. The second kappa shape index (κ2) is 3.92. The molecule has 0 spiro atoms. The summed E-state index contributed by atoms with van der Waals surface area (Å²) >= 11 is 3.45. The highest BCUT2D eigenvalue weighted by atomic mass is 32.2. The van der Waals surface area contributed by atoms with E-state index in [9.17, 15) is 0 Å². The summed E-state index contributed by atoms with van der Waals surface area (Å²) in [7, 11) is 0. The van der Waals surface area contributed by atoms with Crippen molar-refractivity contribution in [2.24, 2.45) is 0 Å². The average molecular weight is 197 g/mol. The molecule has 1 aromatic carbocycles. The van der Waals surface area contributed by atoms with Crippen molar-refractivity contribution in [3.63, 3.8) is 0 Å². The Morgan fingerprint density at radius 1 is 1.33 bits per heavy atom. The summed E-state index contributed by atoms with van der Waals surface area (Å²) in [5, 5.41) is 0. The summed E-state index contributed by atoms with van der Waals surface area (Å²) in [6, 6.07) is 8.22. The Labute approximate surface area is 80.8 Å². The first-order valence-electron chi connectivity index (χ1n) is 3.30. The molecule has 3 heteroatoms. The lowest BCUT2D eigenvalue weighted by atomic mass is 10.3. The van der Waals surface area contributed by atoms with E-state index >= 15 is 0 Å². The van der Waals surface area contributed by atoms with E-state index in [4.69, 9.17) is 0 Å². The molecule has 0 saturated carbocycles. The van der Waals surface area contributed by atoms with Crippen molar-refractivity contribution in [2.75, 3.05) is 6.26 Å². The van der Waals surface area contributed by atoms with E-state index in [2.05, 4.69) is 17.3 Å². The molecule has 0 atom stereocenters. The maximum absolute atomic E-state index is 4.41. The summed E-state index contributed by atoms with van der Waals surface area (Å²) < 4.78 is 2.42. The van der Waals surface area contributed by atoms with Crippen LogP contribution in [0.4, 0.5) is 0 Å². The lowest BCUT2D eigenvalue weighted by molar-refractivity contribution is 1.31. The van der Waals surface area contributed by atoms with Crippen molar-refractivity contribution >= 4 is 33.3 Å². The molecule has 2 aromatic rings. The van der Waals surface area contributed by atoms with Crippen LogP contribution in [-0.4, -0.2) is 11.2 Å². The van der Waals surface area contributed by atoms with Crippen molar-refractivity contribution in [1.29, 1.82) is 0 Å². The zero-order valence-electron chi connectivity index (χ0n) is 6.07. The minimum absolute atomic E-state index is 0. The Kier molecular flexibility index (Phi) is 3.12. The molecule has 12 heavy (non-hydrogen) atoms. The van der Waals surface area contributed by atoms with Crippen LogP contribution in [0.3, 0.4) is 0 Å². The van der Waals surface area contributed by atoms with Crippen LogP contribution >= 0.6 is 23.1 Å². The van der Waals surface area contributed by atoms with Crippen LogP contribution in [0.5, 0.6) is 0 Å². The van der Waals surface area contributed by atoms with Crippen molar-refractivity contribution in [1.82, 2.24) is 4.98 Å². The van der Waals surface area contributed by atoms with Gasteiger partial charge in [0.15, 0.2) is 4.34 Å². The van der Waals surface area contributed by atoms with Gasteiger partial charge in [-0.3, -0.25) is 0 Å². The van der Waals surface area contributed by atoms with Crippen LogP contribution in [0.15, 0.2) is 28.6 Å². The number of hydrogen-bond donors (Lipinski definition) is 0. The average Bonchev–Trinajstić information content (AvgIpc) is 2.46. The number of benzene rings is 1. The monoisotopic (exact) mass is 197 g/mol. The Bertz CT molecular complexity index is 334. The predicted octanol–water partition coefficient (Wildman–Crippen LogP) is 3.65. The van der Waals surface area contributed by atoms with E-state index < -0.39 is 0 Å². The summed E-state index contributed by atoms with van der Waals surface area (Å²) in [6.07, 6.45) is 2.05. The van der Waals surface area contributed by atoms with Crippen LogP contribution in [0.1, 0.15) is 7.43 Å². The number of thioether (sulfide) groups is 1. The van der Waals surface area contributed by atoms with Crippen LogP contribution in [0, 0.1) is 0 Å². The molecule has 0 aliphatic heterocycles. The van der Waals surface area contributed by atoms with Crippen LogP contribution in [-0.2, 0) is 0 Å². The molecule has 1 aromatic heterocycles. The van der Waals surface area contributed by atoms with E-state index in [0.717, 1.165) is 9.86 Å². The fourth-order valence-corrected chi connectivity index (χ4v) is 2.43. The van der Waals surface area contributed by atoms with Gasteiger partial charge in [-0.25, -0.2) is 4.98 Å². The lowest BCUT2D eigenvalue weighted by Crippen LogP contribution is -1.65. The first kappa shape index (κ1) is 9.55. The largest absolute Gasteiger partial charge is 0.230 e. The second-order valence-corrected chi connectivity index (χ2v) is 4.24. The summed E-state index contributed by atoms with van der Waals surface area (Å²) in [5.74, 6) is 0. The molecule has 1 nitrogen and oxygen atoms in total. The van der Waals surface area contributed by atoms with Crippen molar-refractivity contribution < 1.29 is 0 Å². The van der Waals surface area contributed by atoms with Gasteiger partial charge in [0.2, 0.25) is 0 Å². The minimum atomic E-state index is 0. The highest BCUT2D eigenvalue weighted by molar-refractivity contribution is 8.00. The molecule has 0 amide bonds. The number of rotatable bonds is 1. The van der Waals surface area contributed by atoms with E-state index in [1.807, 2.05) is 18.2 Å². The van der Waals surface area contributed by atoms with E-state index in [-0.39, 0.29) is 7.43 Å². The zero-order valence-corrected chi connectivity index (χ0v) is 7.71. The van der Waals surface area contributed by atoms with Gasteiger partial charge >= 0.3 is 0 Å². The van der Waals surface area contributed by atoms with E-state index in [1.165, 1.54) is 4.70 Å². The van der Waals surface area contributed by atoms with Gasteiger partial charge in [-0.2, -0.15) is 0 Å². The first-order valence-corrected chi connectivity index (χ1v) is 5.34. The predicted molar refractivity (Wildman–Crippen MR) is 58.1 cm³/mol. The Hall–Kier alpha value is -0.540. The molecule has 0 radical (unpaired) electrons. The molecule has 0 fully saturated rings. The molecule has 0 bridgehead atoms. The third-order valence-electron chi connectivity index (χ3n) is 1.45. The quantitative estimate of drug-likeness (QED) is 0.647. The molecular weight excluding hydrogens is 186 g/mol. The molecule has 0 aliphatic rings. The number of nitrogens with zero attached hydrogens (tertiary/aromatic N) is 1. The summed E-state index contributed by atoms with van der Waals surface area (Å²) in [4.78, 5) is 4.41. The smallest absolute Gasteiger partial charge is 0.150 e. The molecule has 0 N–H and O–H groups in total. The lowest BCUT2D eigenvalue weighted by Gasteiger charge is -1.80. The number of fused-ring (bicyclic) bond motifs is 1. The number of thiazole rings is 1. The van der Waals surface area contributed by atoms with E-state index in [1.54, 1.807) is 23.1 Å². The molecular formula is C9H11NS2. The Morgan fingerprint density at radius 3 is 2.75 bits per heavy atom. The topological polar surface area (TPSA) is 12.9 Å². The van der Waals surface area contributed by atoms with Crippen LogP contribution in [0.2, 0.25) is 0 Å². The highest BCUT2D eigenvalue weighted by Gasteiger charge is 1.99. The number of hydrogen-bond acceptors (Lipinski definition) is 3. The van der Waals surface area contributed by atoms with Gasteiger partial charge in [0.1, 0.15) is 0 Å². The first-order chi connectivity index (χ1) is 5.40. The molecule has 1 heterocycles. The second-order valence-electron chi connectivity index (χ2n) is 2.15. The Balaban J connectivity index is 0.000000720. The molecule has 64 valence electrons. The van der Waals surface area contributed by atoms with Gasteiger partial charge < -0.3 is 0 Å². The third-order valence-corrected chi connectivity index (χ3v) is 3.47. The van der Waals surface area contributed by atoms with Crippen LogP contribution in [0.25, 0.3) is 10.2 Å². The fourth-order valence-electron chi connectivity index (χ4n) is 0.938. The highest BCUT2D eigenvalue weighted by Crippen LogP contribution is 2.27. The maximum Gasteiger partial charge on any atom is 0.150 e. The van der Waals surface area contributed by atoms with Gasteiger partial charge in [0.05, 0.1) is 10.2 Å². The van der Waals surface area contributed by atoms with Crippen molar-refractivity contribution in [3.05, 3.63) is 24.3 Å². The van der Waals surface area contributed by atoms with Crippen LogP contribution < -0.4 is 0 Å². The molecule has 0 unspecified atom stereocenters. The SMILES string of the molecule is C.CSc1nc2ccccc2s1. The summed E-state index contributed by atoms with van der Waals surface area (Å²) in [5.41, 5.74) is 1.11. The van der Waals surface area contributed by atoms with Gasteiger partial charge in [-0.05, 0) is 18.4 Å². The van der Waals surface area contributed by atoms with Gasteiger partial charge in [-0.15, -0.1) is 11.3 Å². The maximum atomic E-state index is 4.41. The third kappa shape index (κ3) is 1.62. The van der Waals surface area contributed by atoms with Crippen molar-refractivity contribution in [3.8, 4) is 0 Å².